The molecule has 11 heteroatoms. The summed E-state index contributed by atoms with van der Waals surface area (Å²) in [6, 6.07) is 7.65. The standard InChI is InChI=1S/C17H15F3N2O5S/c1-27-16-4-2-3-11-10-21(8-7-13(11)16)14-6-5-12(9-15(14)22(23)24)28(25,26)17(18,19)20/h2-6,9H,7-8,10H2,1H3. The van der Waals surface area contributed by atoms with Gasteiger partial charge in [0, 0.05) is 24.7 Å². The number of nitrogens with zero attached hydrogens (tertiary/aromatic N) is 2. The molecule has 1 aliphatic rings. The van der Waals surface area contributed by atoms with Crippen LogP contribution in [0.2, 0.25) is 0 Å². The zero-order valence-electron chi connectivity index (χ0n) is 14.6. The Balaban J connectivity index is 2.02. The van der Waals surface area contributed by atoms with Crippen LogP contribution in [0.3, 0.4) is 0 Å². The number of methoxy groups -OCH3 is 1. The number of nitro benzene ring substituents is 1. The molecule has 28 heavy (non-hydrogen) atoms. The number of hydrogen-bond acceptors (Lipinski definition) is 6. The van der Waals surface area contributed by atoms with E-state index in [-0.39, 0.29) is 12.2 Å². The van der Waals surface area contributed by atoms with E-state index in [2.05, 4.69) is 0 Å². The van der Waals surface area contributed by atoms with Crippen molar-refractivity contribution in [3.8, 4) is 5.75 Å². The van der Waals surface area contributed by atoms with E-state index in [4.69, 9.17) is 4.74 Å². The van der Waals surface area contributed by atoms with Crippen molar-refractivity contribution in [2.75, 3.05) is 18.6 Å². The van der Waals surface area contributed by atoms with E-state index in [1.165, 1.54) is 7.11 Å². The number of sulfone groups is 1. The smallest absolute Gasteiger partial charge is 0.496 e. The first-order valence-electron chi connectivity index (χ1n) is 8.05. The molecule has 0 bridgehead atoms. The van der Waals surface area contributed by atoms with Gasteiger partial charge in [0.05, 0.1) is 16.9 Å². The molecule has 0 saturated heterocycles. The van der Waals surface area contributed by atoms with Gasteiger partial charge >= 0.3 is 5.51 Å². The van der Waals surface area contributed by atoms with Crippen molar-refractivity contribution in [3.63, 3.8) is 0 Å². The molecule has 0 fully saturated rings. The van der Waals surface area contributed by atoms with Gasteiger partial charge in [-0.3, -0.25) is 10.1 Å². The molecule has 0 aromatic heterocycles. The Kier molecular flexibility index (Phi) is 4.96. The SMILES string of the molecule is COc1cccc2c1CCN(c1ccc(S(=O)(=O)C(F)(F)F)cc1[N+](=O)[O-])C2. The molecule has 0 unspecified atom stereocenters. The maximum absolute atomic E-state index is 12.8. The third kappa shape index (κ3) is 3.37. The molecule has 1 aliphatic heterocycles. The number of ether oxygens (including phenoxy) is 1. The van der Waals surface area contributed by atoms with Crippen LogP contribution >= 0.6 is 0 Å². The number of anilines is 1. The second kappa shape index (κ2) is 6.97. The van der Waals surface area contributed by atoms with Gasteiger partial charge in [-0.15, -0.1) is 0 Å². The van der Waals surface area contributed by atoms with Crippen LogP contribution in [-0.2, 0) is 22.8 Å². The lowest BCUT2D eigenvalue weighted by molar-refractivity contribution is -0.384. The minimum atomic E-state index is -5.68. The third-order valence-electron chi connectivity index (χ3n) is 4.54. The molecule has 0 N–H and O–H groups in total. The summed E-state index contributed by atoms with van der Waals surface area (Å²) in [5, 5.41) is 11.4. The van der Waals surface area contributed by atoms with Crippen LogP contribution in [0, 0.1) is 10.1 Å². The van der Waals surface area contributed by atoms with Gasteiger partial charge in [0.2, 0.25) is 0 Å². The van der Waals surface area contributed by atoms with Crippen LogP contribution in [0.25, 0.3) is 0 Å². The molecule has 1 heterocycles. The number of nitro groups is 1. The Morgan fingerprint density at radius 1 is 1.21 bits per heavy atom. The molecule has 0 aliphatic carbocycles. The summed E-state index contributed by atoms with van der Waals surface area (Å²) in [5.41, 5.74) is -4.36. The van der Waals surface area contributed by atoms with E-state index in [0.29, 0.717) is 24.8 Å². The minimum Gasteiger partial charge on any atom is -0.496 e. The number of hydrogen-bond donors (Lipinski definition) is 0. The topological polar surface area (TPSA) is 89.8 Å². The molecule has 2 aromatic rings. The predicted octanol–water partition coefficient (Wildman–Crippen LogP) is 3.46. The fourth-order valence-corrected chi connectivity index (χ4v) is 3.97. The lowest BCUT2D eigenvalue weighted by atomic mass is 9.98. The fraction of sp³-hybridized carbons (Fsp3) is 0.294. The van der Waals surface area contributed by atoms with Gasteiger partial charge in [-0.25, -0.2) is 8.42 Å². The number of benzene rings is 2. The van der Waals surface area contributed by atoms with Crippen molar-refractivity contribution < 1.29 is 31.2 Å². The van der Waals surface area contributed by atoms with E-state index in [1.54, 1.807) is 17.0 Å². The van der Waals surface area contributed by atoms with Gasteiger partial charge in [-0.2, -0.15) is 13.2 Å². The molecule has 0 amide bonds. The highest BCUT2D eigenvalue weighted by atomic mass is 32.2. The van der Waals surface area contributed by atoms with Crippen LogP contribution < -0.4 is 9.64 Å². The summed E-state index contributed by atoms with van der Waals surface area (Å²) < 4.78 is 66.7. The van der Waals surface area contributed by atoms with Crippen LogP contribution in [0.1, 0.15) is 11.1 Å². The molecule has 0 atom stereocenters. The largest absolute Gasteiger partial charge is 0.501 e. The second-order valence-corrected chi connectivity index (χ2v) is 8.07. The molecule has 2 aromatic carbocycles. The average Bonchev–Trinajstić information content (AvgIpc) is 2.65. The molecular weight excluding hydrogens is 401 g/mol. The predicted molar refractivity (Wildman–Crippen MR) is 94.1 cm³/mol. The first-order valence-corrected chi connectivity index (χ1v) is 9.54. The number of rotatable bonds is 4. The normalized spacial score (nSPS) is 14.5. The zero-order valence-corrected chi connectivity index (χ0v) is 15.4. The lowest BCUT2D eigenvalue weighted by Crippen LogP contribution is -2.31. The van der Waals surface area contributed by atoms with Crippen LogP contribution in [0.15, 0.2) is 41.3 Å². The highest BCUT2D eigenvalue weighted by Gasteiger charge is 2.47. The first-order chi connectivity index (χ1) is 13.1. The maximum atomic E-state index is 12.8. The second-order valence-electron chi connectivity index (χ2n) is 6.13. The minimum absolute atomic E-state index is 0.0552. The summed E-state index contributed by atoms with van der Waals surface area (Å²) in [7, 11) is -4.14. The van der Waals surface area contributed by atoms with Gasteiger partial charge in [0.25, 0.3) is 15.5 Å². The Labute approximate surface area is 158 Å². The van der Waals surface area contributed by atoms with E-state index in [0.717, 1.165) is 23.3 Å². The summed E-state index contributed by atoms with van der Waals surface area (Å²) >= 11 is 0. The molecule has 150 valence electrons. The zero-order chi connectivity index (χ0) is 20.7. The Morgan fingerprint density at radius 2 is 1.93 bits per heavy atom. The van der Waals surface area contributed by atoms with Crippen molar-refractivity contribution in [1.82, 2.24) is 0 Å². The first kappa shape index (κ1) is 19.9. The molecule has 7 nitrogen and oxygen atoms in total. The Bertz CT molecular complexity index is 1040. The van der Waals surface area contributed by atoms with Crippen molar-refractivity contribution in [1.29, 1.82) is 0 Å². The summed E-state index contributed by atoms with van der Waals surface area (Å²) in [6.07, 6.45) is 0.513. The van der Waals surface area contributed by atoms with Gasteiger partial charge in [0.1, 0.15) is 11.4 Å². The highest BCUT2D eigenvalue weighted by molar-refractivity contribution is 7.92. The van der Waals surface area contributed by atoms with Crippen LogP contribution in [0.5, 0.6) is 5.75 Å². The Morgan fingerprint density at radius 3 is 2.54 bits per heavy atom. The summed E-state index contributed by atoms with van der Waals surface area (Å²) in [6.45, 7) is 0.637. The quantitative estimate of drug-likeness (QED) is 0.560. The third-order valence-corrected chi connectivity index (χ3v) is 6.03. The number of halogens is 3. The van der Waals surface area contributed by atoms with Gasteiger partial charge in [-0.05, 0) is 30.2 Å². The molecular formula is C17H15F3N2O5S. The lowest BCUT2D eigenvalue weighted by Gasteiger charge is -2.31. The summed E-state index contributed by atoms with van der Waals surface area (Å²) in [4.78, 5) is 11.0. The monoisotopic (exact) mass is 416 g/mol. The molecule has 0 saturated carbocycles. The van der Waals surface area contributed by atoms with Crippen LogP contribution in [-0.4, -0.2) is 32.5 Å². The summed E-state index contributed by atoms with van der Waals surface area (Å²) in [5.74, 6) is 0.693. The van der Waals surface area contributed by atoms with Crippen molar-refractivity contribution >= 4 is 21.2 Å². The van der Waals surface area contributed by atoms with Crippen molar-refractivity contribution in [2.45, 2.75) is 23.4 Å². The molecule has 3 rings (SSSR count). The molecule has 0 spiro atoms. The number of alkyl halides is 3. The van der Waals surface area contributed by atoms with Gasteiger partial charge < -0.3 is 9.64 Å². The van der Waals surface area contributed by atoms with E-state index in [1.807, 2.05) is 6.07 Å². The average molecular weight is 416 g/mol. The van der Waals surface area contributed by atoms with Gasteiger partial charge in [-0.1, -0.05) is 12.1 Å². The molecule has 0 radical (unpaired) electrons. The van der Waals surface area contributed by atoms with Crippen molar-refractivity contribution in [3.05, 3.63) is 57.6 Å². The van der Waals surface area contributed by atoms with E-state index in [9.17, 15) is 31.7 Å². The van der Waals surface area contributed by atoms with E-state index >= 15 is 0 Å². The van der Waals surface area contributed by atoms with Crippen LogP contribution in [0.4, 0.5) is 24.5 Å². The van der Waals surface area contributed by atoms with Crippen molar-refractivity contribution in [2.24, 2.45) is 0 Å². The maximum Gasteiger partial charge on any atom is 0.501 e. The Hall–Kier alpha value is -2.82. The van der Waals surface area contributed by atoms with E-state index < -0.39 is 30.9 Å². The fourth-order valence-electron chi connectivity index (χ4n) is 3.19. The number of fused-ring (bicyclic) bond motifs is 1. The van der Waals surface area contributed by atoms with Gasteiger partial charge in [0.15, 0.2) is 0 Å². The highest BCUT2D eigenvalue weighted by Crippen LogP contribution is 2.38.